The van der Waals surface area contributed by atoms with E-state index >= 15 is 0 Å². The summed E-state index contributed by atoms with van der Waals surface area (Å²) in [7, 11) is 0. The molecule has 0 aromatic rings. The van der Waals surface area contributed by atoms with Crippen LogP contribution in [0, 0.1) is 5.92 Å². The van der Waals surface area contributed by atoms with Gasteiger partial charge in [0.15, 0.2) is 0 Å². The maximum atomic E-state index is 11.9. The Morgan fingerprint density at radius 2 is 1.86 bits per heavy atom. The number of hydrogen-bond donors (Lipinski definition) is 1. The van der Waals surface area contributed by atoms with Crippen LogP contribution in [0.15, 0.2) is 11.8 Å². The van der Waals surface area contributed by atoms with Crippen LogP contribution >= 0.6 is 0 Å². The molecular formula is C15H26N2O4. The summed E-state index contributed by atoms with van der Waals surface area (Å²) in [5, 5.41) is 0. The monoisotopic (exact) mass is 298 g/mol. The Bertz CT molecular complexity index is 404. The lowest BCUT2D eigenvalue weighted by molar-refractivity contribution is -0.137. The molecule has 1 fully saturated rings. The van der Waals surface area contributed by atoms with Gasteiger partial charge in [-0.1, -0.05) is 0 Å². The molecule has 1 saturated heterocycles. The third-order valence-electron chi connectivity index (χ3n) is 3.19. The molecule has 0 aromatic heterocycles. The first-order valence-corrected chi connectivity index (χ1v) is 7.34. The first-order chi connectivity index (χ1) is 9.73. The molecule has 2 N–H and O–H groups in total. The predicted molar refractivity (Wildman–Crippen MR) is 79.4 cm³/mol. The van der Waals surface area contributed by atoms with Gasteiger partial charge >= 0.3 is 12.1 Å². The van der Waals surface area contributed by atoms with Gasteiger partial charge in [-0.2, -0.15) is 0 Å². The third kappa shape index (κ3) is 6.06. The highest BCUT2D eigenvalue weighted by Crippen LogP contribution is 2.23. The number of nitrogens with two attached hydrogens (primary N) is 1. The number of hydrogen-bond acceptors (Lipinski definition) is 5. The van der Waals surface area contributed by atoms with Crippen molar-refractivity contribution in [3.05, 3.63) is 11.8 Å². The average molecular weight is 298 g/mol. The van der Waals surface area contributed by atoms with Crippen LogP contribution < -0.4 is 5.73 Å². The van der Waals surface area contributed by atoms with E-state index in [2.05, 4.69) is 0 Å². The molecule has 6 heteroatoms. The van der Waals surface area contributed by atoms with E-state index < -0.39 is 11.6 Å². The van der Waals surface area contributed by atoms with E-state index in [1.54, 1.807) is 11.8 Å². The minimum atomic E-state index is -0.489. The maximum Gasteiger partial charge on any atom is 0.410 e. The SMILES string of the molecule is CCOC(=O)/C=C(\N)C1CCN(C(=O)OC(C)(C)C)CC1. The number of carbonyl (C=O) groups excluding carboxylic acids is 2. The van der Waals surface area contributed by atoms with Gasteiger partial charge in [0.05, 0.1) is 6.61 Å². The standard InChI is InChI=1S/C15H26N2O4/c1-5-20-13(18)10-12(16)11-6-8-17(9-7-11)14(19)21-15(2,3)4/h10-11H,5-9,16H2,1-4H3/b12-10-. The van der Waals surface area contributed by atoms with Crippen LogP contribution in [0.2, 0.25) is 0 Å². The fourth-order valence-electron chi connectivity index (χ4n) is 2.16. The largest absolute Gasteiger partial charge is 0.463 e. The Morgan fingerprint density at radius 1 is 1.29 bits per heavy atom. The van der Waals surface area contributed by atoms with Crippen LogP contribution in [-0.4, -0.2) is 42.3 Å². The van der Waals surface area contributed by atoms with Crippen LogP contribution in [0.1, 0.15) is 40.5 Å². The summed E-state index contributed by atoms with van der Waals surface area (Å²) < 4.78 is 10.2. The molecule has 21 heavy (non-hydrogen) atoms. The fourth-order valence-corrected chi connectivity index (χ4v) is 2.16. The van der Waals surface area contributed by atoms with E-state index in [1.165, 1.54) is 6.08 Å². The van der Waals surface area contributed by atoms with Crippen LogP contribution in [0.4, 0.5) is 4.79 Å². The highest BCUT2D eigenvalue weighted by molar-refractivity contribution is 5.82. The van der Waals surface area contributed by atoms with Crippen molar-refractivity contribution in [2.45, 2.75) is 46.1 Å². The molecule has 0 saturated carbocycles. The fraction of sp³-hybridized carbons (Fsp3) is 0.733. The lowest BCUT2D eigenvalue weighted by Crippen LogP contribution is -2.42. The van der Waals surface area contributed by atoms with E-state index in [0.29, 0.717) is 25.4 Å². The van der Waals surface area contributed by atoms with Gasteiger partial charge in [0.1, 0.15) is 5.60 Å². The van der Waals surface area contributed by atoms with E-state index in [-0.39, 0.29) is 12.0 Å². The second kappa shape index (κ2) is 7.33. The number of esters is 1. The highest BCUT2D eigenvalue weighted by Gasteiger charge is 2.27. The summed E-state index contributed by atoms with van der Waals surface area (Å²) in [4.78, 5) is 25.0. The number of allylic oxidation sites excluding steroid dienone is 1. The van der Waals surface area contributed by atoms with E-state index in [0.717, 1.165) is 12.8 Å². The van der Waals surface area contributed by atoms with Gasteiger partial charge in [-0.25, -0.2) is 9.59 Å². The molecule has 0 bridgehead atoms. The molecule has 0 spiro atoms. The van der Waals surface area contributed by atoms with Crippen molar-refractivity contribution in [2.75, 3.05) is 19.7 Å². The van der Waals surface area contributed by atoms with Crippen LogP contribution in [0.3, 0.4) is 0 Å². The molecule has 120 valence electrons. The number of piperidine rings is 1. The van der Waals surface area contributed by atoms with Gasteiger partial charge < -0.3 is 20.1 Å². The Hall–Kier alpha value is -1.72. The molecule has 1 heterocycles. The molecule has 1 rings (SSSR count). The van der Waals surface area contributed by atoms with Crippen molar-refractivity contribution >= 4 is 12.1 Å². The summed E-state index contributed by atoms with van der Waals surface area (Å²) in [6.45, 7) is 8.78. The molecule has 1 aliphatic heterocycles. The zero-order chi connectivity index (χ0) is 16.0. The van der Waals surface area contributed by atoms with Gasteiger partial charge in [-0.05, 0) is 40.5 Å². The first-order valence-electron chi connectivity index (χ1n) is 7.34. The summed E-state index contributed by atoms with van der Waals surface area (Å²) >= 11 is 0. The van der Waals surface area contributed by atoms with Gasteiger partial charge in [-0.3, -0.25) is 0 Å². The minimum absolute atomic E-state index is 0.105. The molecule has 0 radical (unpaired) electrons. The van der Waals surface area contributed by atoms with Gasteiger partial charge in [0.25, 0.3) is 0 Å². The first kappa shape index (κ1) is 17.3. The Labute approximate surface area is 126 Å². The van der Waals surface area contributed by atoms with E-state index in [9.17, 15) is 9.59 Å². The second-order valence-corrected chi connectivity index (χ2v) is 6.14. The Kier molecular flexibility index (Phi) is 6.05. The molecule has 0 aromatic carbocycles. The van der Waals surface area contributed by atoms with Crippen molar-refractivity contribution in [3.8, 4) is 0 Å². The van der Waals surface area contributed by atoms with Crippen molar-refractivity contribution in [3.63, 3.8) is 0 Å². The maximum absolute atomic E-state index is 11.9. The zero-order valence-electron chi connectivity index (χ0n) is 13.3. The smallest absolute Gasteiger partial charge is 0.410 e. The second-order valence-electron chi connectivity index (χ2n) is 6.14. The average Bonchev–Trinajstić information content (AvgIpc) is 2.37. The Balaban J connectivity index is 2.48. The molecule has 1 aliphatic rings. The third-order valence-corrected chi connectivity index (χ3v) is 3.19. The lowest BCUT2D eigenvalue weighted by Gasteiger charge is -2.33. The normalized spacial score (nSPS) is 17.5. The van der Waals surface area contributed by atoms with Crippen LogP contribution in [0.25, 0.3) is 0 Å². The lowest BCUT2D eigenvalue weighted by atomic mass is 9.93. The van der Waals surface area contributed by atoms with Crippen molar-refractivity contribution in [1.82, 2.24) is 4.90 Å². The number of ether oxygens (including phenoxy) is 2. The summed E-state index contributed by atoms with van der Waals surface area (Å²) in [6, 6.07) is 0. The zero-order valence-corrected chi connectivity index (χ0v) is 13.3. The number of rotatable bonds is 3. The van der Waals surface area contributed by atoms with Crippen LogP contribution in [0.5, 0.6) is 0 Å². The van der Waals surface area contributed by atoms with E-state index in [4.69, 9.17) is 15.2 Å². The summed E-state index contributed by atoms with van der Waals surface area (Å²) in [5.74, 6) is -0.308. The van der Waals surface area contributed by atoms with Gasteiger partial charge in [-0.15, -0.1) is 0 Å². The molecule has 6 nitrogen and oxygen atoms in total. The number of likely N-dealkylation sites (tertiary alicyclic amines) is 1. The van der Waals surface area contributed by atoms with Crippen molar-refractivity contribution in [1.29, 1.82) is 0 Å². The molecule has 1 amide bonds. The van der Waals surface area contributed by atoms with E-state index in [1.807, 2.05) is 20.8 Å². The molecular weight excluding hydrogens is 272 g/mol. The number of nitrogens with zero attached hydrogens (tertiary/aromatic N) is 1. The summed E-state index contributed by atoms with van der Waals surface area (Å²) in [6.07, 6.45) is 2.49. The topological polar surface area (TPSA) is 81.9 Å². The number of amides is 1. The quantitative estimate of drug-likeness (QED) is 0.637. The van der Waals surface area contributed by atoms with Gasteiger partial charge in [0, 0.05) is 30.8 Å². The van der Waals surface area contributed by atoms with Crippen LogP contribution in [-0.2, 0) is 14.3 Å². The Morgan fingerprint density at radius 3 is 2.33 bits per heavy atom. The number of carbonyl (C=O) groups is 2. The minimum Gasteiger partial charge on any atom is -0.463 e. The molecule has 0 unspecified atom stereocenters. The van der Waals surface area contributed by atoms with Crippen molar-refractivity contribution < 1.29 is 19.1 Å². The summed E-state index contributed by atoms with van der Waals surface area (Å²) in [5.41, 5.74) is 5.96. The predicted octanol–water partition coefficient (Wildman–Crippen LogP) is 2.04. The molecule has 0 atom stereocenters. The molecule has 0 aliphatic carbocycles. The van der Waals surface area contributed by atoms with Crippen molar-refractivity contribution in [2.24, 2.45) is 11.7 Å². The highest BCUT2D eigenvalue weighted by atomic mass is 16.6. The van der Waals surface area contributed by atoms with Gasteiger partial charge in [0.2, 0.25) is 0 Å².